The van der Waals surface area contributed by atoms with Gasteiger partial charge in [-0.1, -0.05) is 13.8 Å². The van der Waals surface area contributed by atoms with Gasteiger partial charge in [0.05, 0.1) is 12.6 Å². The number of amides is 2. The van der Waals surface area contributed by atoms with Gasteiger partial charge in [-0.2, -0.15) is 0 Å². The van der Waals surface area contributed by atoms with Gasteiger partial charge in [0.1, 0.15) is 6.04 Å². The predicted molar refractivity (Wildman–Crippen MR) is 58.0 cm³/mol. The van der Waals surface area contributed by atoms with Gasteiger partial charge in [0.15, 0.2) is 5.78 Å². The molecule has 0 rings (SSSR count). The molecule has 0 aromatic rings. The van der Waals surface area contributed by atoms with Crippen LogP contribution in [0, 0.1) is 5.92 Å². The van der Waals surface area contributed by atoms with Crippen molar-refractivity contribution in [2.45, 2.75) is 25.9 Å². The summed E-state index contributed by atoms with van der Waals surface area (Å²) >= 11 is 0. The maximum absolute atomic E-state index is 11.7. The standard InChI is InChI=1S/C9H18N4O3/c1-4(2)7(13-5(14)3-10)8(15)6(11)9(12)16/h4,6-7H,3,10-11H2,1-2H3,(H2,12,16)(H,13,14)/t6?,7-/m0/s1. The van der Waals surface area contributed by atoms with Crippen LogP contribution in [0.1, 0.15) is 13.8 Å². The Hall–Kier alpha value is -1.47. The number of nitrogens with one attached hydrogen (secondary N) is 1. The summed E-state index contributed by atoms with van der Waals surface area (Å²) in [6.45, 7) is 3.20. The first-order chi connectivity index (χ1) is 7.31. The molecule has 2 atom stereocenters. The molecule has 7 N–H and O–H groups in total. The van der Waals surface area contributed by atoms with E-state index < -0.39 is 29.7 Å². The molecule has 0 saturated carbocycles. The van der Waals surface area contributed by atoms with Crippen molar-refractivity contribution in [1.29, 1.82) is 0 Å². The highest BCUT2D eigenvalue weighted by Crippen LogP contribution is 2.04. The number of Topliss-reactive ketones (excluding diaryl/α,β-unsaturated/α-hetero) is 1. The summed E-state index contributed by atoms with van der Waals surface area (Å²) < 4.78 is 0. The Morgan fingerprint density at radius 2 is 1.75 bits per heavy atom. The molecular weight excluding hydrogens is 212 g/mol. The quantitative estimate of drug-likeness (QED) is 0.372. The van der Waals surface area contributed by atoms with Gasteiger partial charge < -0.3 is 22.5 Å². The summed E-state index contributed by atoms with van der Waals surface area (Å²) in [5, 5.41) is 2.40. The number of nitrogens with two attached hydrogens (primary N) is 3. The van der Waals surface area contributed by atoms with E-state index in [0.717, 1.165) is 0 Å². The SMILES string of the molecule is CC(C)[C@H](NC(=O)CN)C(=O)C(N)C(N)=O. The van der Waals surface area contributed by atoms with Crippen LogP contribution < -0.4 is 22.5 Å². The zero-order chi connectivity index (χ0) is 12.9. The second-order valence-corrected chi connectivity index (χ2v) is 3.78. The van der Waals surface area contributed by atoms with Gasteiger partial charge in [-0.25, -0.2) is 0 Å². The van der Waals surface area contributed by atoms with Crippen LogP contribution in [0.2, 0.25) is 0 Å². The monoisotopic (exact) mass is 230 g/mol. The highest BCUT2D eigenvalue weighted by molar-refractivity contribution is 6.07. The van der Waals surface area contributed by atoms with Crippen molar-refractivity contribution >= 4 is 17.6 Å². The highest BCUT2D eigenvalue weighted by Gasteiger charge is 2.30. The van der Waals surface area contributed by atoms with Crippen LogP contribution in [-0.4, -0.2) is 36.2 Å². The number of carbonyl (C=O) groups excluding carboxylic acids is 3. The number of ketones is 1. The smallest absolute Gasteiger partial charge is 0.242 e. The van der Waals surface area contributed by atoms with Gasteiger partial charge in [-0.15, -0.1) is 0 Å². The fourth-order valence-electron chi connectivity index (χ4n) is 1.13. The lowest BCUT2D eigenvalue weighted by atomic mass is 9.95. The molecule has 0 aliphatic carbocycles. The van der Waals surface area contributed by atoms with Crippen molar-refractivity contribution < 1.29 is 14.4 Å². The Balaban J connectivity index is 4.72. The minimum absolute atomic E-state index is 0.201. The summed E-state index contributed by atoms with van der Waals surface area (Å²) in [5.41, 5.74) is 15.3. The molecule has 2 amide bonds. The summed E-state index contributed by atoms with van der Waals surface area (Å²) in [5.74, 6) is -2.21. The Kier molecular flexibility index (Phi) is 5.62. The average Bonchev–Trinajstić information content (AvgIpc) is 2.22. The van der Waals surface area contributed by atoms with Crippen molar-refractivity contribution in [3.05, 3.63) is 0 Å². The van der Waals surface area contributed by atoms with Crippen LogP contribution in [0.15, 0.2) is 0 Å². The Labute approximate surface area is 93.7 Å². The van der Waals surface area contributed by atoms with Crippen molar-refractivity contribution in [3.63, 3.8) is 0 Å². The lowest BCUT2D eigenvalue weighted by Crippen LogP contribution is -2.55. The highest BCUT2D eigenvalue weighted by atomic mass is 16.2. The van der Waals surface area contributed by atoms with E-state index in [9.17, 15) is 14.4 Å². The number of rotatable bonds is 6. The minimum atomic E-state index is -1.41. The molecule has 92 valence electrons. The first kappa shape index (κ1) is 14.5. The molecule has 0 aromatic carbocycles. The molecule has 1 unspecified atom stereocenters. The van der Waals surface area contributed by atoms with Crippen LogP contribution in [0.3, 0.4) is 0 Å². The second-order valence-electron chi connectivity index (χ2n) is 3.78. The van der Waals surface area contributed by atoms with Gasteiger partial charge in [-0.05, 0) is 5.92 Å². The van der Waals surface area contributed by atoms with Crippen LogP contribution in [0.25, 0.3) is 0 Å². The molecule has 16 heavy (non-hydrogen) atoms. The van der Waals surface area contributed by atoms with E-state index in [1.165, 1.54) is 0 Å². The third-order valence-electron chi connectivity index (χ3n) is 2.09. The fraction of sp³-hybridized carbons (Fsp3) is 0.667. The Morgan fingerprint density at radius 1 is 1.25 bits per heavy atom. The molecule has 7 nitrogen and oxygen atoms in total. The molecule has 0 fully saturated rings. The maximum atomic E-state index is 11.7. The van der Waals surface area contributed by atoms with Crippen LogP contribution in [0.5, 0.6) is 0 Å². The summed E-state index contributed by atoms with van der Waals surface area (Å²) in [6.07, 6.45) is 0. The summed E-state index contributed by atoms with van der Waals surface area (Å²) in [4.78, 5) is 33.5. The zero-order valence-electron chi connectivity index (χ0n) is 9.40. The largest absolute Gasteiger partial charge is 0.368 e. The Morgan fingerprint density at radius 3 is 2.06 bits per heavy atom. The normalized spacial score (nSPS) is 14.3. The molecule has 7 heteroatoms. The zero-order valence-corrected chi connectivity index (χ0v) is 9.40. The van der Waals surface area contributed by atoms with E-state index in [-0.39, 0.29) is 12.5 Å². The fourth-order valence-corrected chi connectivity index (χ4v) is 1.13. The van der Waals surface area contributed by atoms with Crippen molar-refractivity contribution in [1.82, 2.24) is 5.32 Å². The summed E-state index contributed by atoms with van der Waals surface area (Å²) in [6, 6.07) is -2.26. The van der Waals surface area contributed by atoms with Crippen LogP contribution in [0.4, 0.5) is 0 Å². The van der Waals surface area contributed by atoms with E-state index in [4.69, 9.17) is 17.2 Å². The molecule has 0 spiro atoms. The molecule has 0 bridgehead atoms. The number of carbonyl (C=O) groups is 3. The number of hydrogen-bond acceptors (Lipinski definition) is 5. The predicted octanol–water partition coefficient (Wildman–Crippen LogP) is -2.53. The average molecular weight is 230 g/mol. The first-order valence-electron chi connectivity index (χ1n) is 4.89. The topological polar surface area (TPSA) is 141 Å². The van der Waals surface area contributed by atoms with Gasteiger partial charge >= 0.3 is 0 Å². The number of hydrogen-bond donors (Lipinski definition) is 4. The molecular formula is C9H18N4O3. The van der Waals surface area contributed by atoms with Crippen LogP contribution >= 0.6 is 0 Å². The Bertz CT molecular complexity index is 290. The minimum Gasteiger partial charge on any atom is -0.368 e. The molecule has 0 radical (unpaired) electrons. The second kappa shape index (κ2) is 6.19. The third kappa shape index (κ3) is 3.95. The van der Waals surface area contributed by atoms with E-state index in [0.29, 0.717) is 0 Å². The van der Waals surface area contributed by atoms with Crippen molar-refractivity contribution in [3.8, 4) is 0 Å². The third-order valence-corrected chi connectivity index (χ3v) is 2.09. The van der Waals surface area contributed by atoms with E-state index in [1.807, 2.05) is 0 Å². The van der Waals surface area contributed by atoms with E-state index in [1.54, 1.807) is 13.8 Å². The van der Waals surface area contributed by atoms with E-state index >= 15 is 0 Å². The summed E-state index contributed by atoms with van der Waals surface area (Å²) in [7, 11) is 0. The number of primary amides is 1. The first-order valence-corrected chi connectivity index (χ1v) is 4.89. The van der Waals surface area contributed by atoms with Gasteiger partial charge in [-0.3, -0.25) is 14.4 Å². The van der Waals surface area contributed by atoms with Gasteiger partial charge in [0.2, 0.25) is 11.8 Å². The lowest BCUT2D eigenvalue weighted by Gasteiger charge is -2.22. The van der Waals surface area contributed by atoms with Gasteiger partial charge in [0.25, 0.3) is 0 Å². The van der Waals surface area contributed by atoms with Crippen molar-refractivity contribution in [2.24, 2.45) is 23.1 Å². The van der Waals surface area contributed by atoms with Gasteiger partial charge in [0, 0.05) is 0 Å². The molecule has 0 aromatic heterocycles. The van der Waals surface area contributed by atoms with E-state index in [2.05, 4.69) is 5.32 Å². The van der Waals surface area contributed by atoms with Crippen molar-refractivity contribution in [2.75, 3.05) is 6.54 Å². The van der Waals surface area contributed by atoms with Crippen LogP contribution in [-0.2, 0) is 14.4 Å². The molecule has 0 saturated heterocycles. The maximum Gasteiger partial charge on any atom is 0.242 e. The molecule has 0 heterocycles. The molecule has 0 aliphatic heterocycles. The molecule has 0 aliphatic rings. The lowest BCUT2D eigenvalue weighted by molar-refractivity contribution is -0.133.